The summed E-state index contributed by atoms with van der Waals surface area (Å²) in [5.41, 5.74) is 6.45. The van der Waals surface area contributed by atoms with E-state index in [0.717, 1.165) is 0 Å². The Morgan fingerprint density at radius 2 is 2.32 bits per heavy atom. The van der Waals surface area contributed by atoms with Gasteiger partial charge < -0.3 is 20.9 Å². The average Bonchev–Trinajstić information content (AvgIpc) is 3.01. The smallest absolute Gasteiger partial charge is 0.270 e. The Kier molecular flexibility index (Phi) is 7.26. The molecule has 120 valence electrons. The summed E-state index contributed by atoms with van der Waals surface area (Å²) in [5, 5.41) is 15.1. The topological polar surface area (TPSA) is 97.5 Å². The first-order valence-corrected chi connectivity index (χ1v) is 7.26. The summed E-state index contributed by atoms with van der Waals surface area (Å²) in [4.78, 5) is 16.0. The molecule has 1 aromatic heterocycles. The Labute approximate surface area is 138 Å². The number of rotatable bonds is 6. The Balaban J connectivity index is 0.00000242. The molecule has 1 atom stereocenters. The molecule has 0 radical (unpaired) electrons. The number of benzene rings is 1. The van der Waals surface area contributed by atoms with Crippen LogP contribution in [0.5, 0.6) is 5.75 Å². The fourth-order valence-electron chi connectivity index (χ4n) is 1.76. The van der Waals surface area contributed by atoms with E-state index in [0.29, 0.717) is 28.6 Å². The largest absolute Gasteiger partial charge is 0.497 e. The number of aliphatic hydroxyl groups excluding tert-OH is 1. The number of amides is 1. The predicted molar refractivity (Wildman–Crippen MR) is 87.5 cm³/mol. The lowest BCUT2D eigenvalue weighted by molar-refractivity contribution is 0.0912. The number of thiazole rings is 1. The molecule has 1 unspecified atom stereocenters. The molecule has 6 nitrogen and oxygen atoms in total. The second-order valence-corrected chi connectivity index (χ2v) is 5.28. The lowest BCUT2D eigenvalue weighted by atomic mass is 10.1. The molecule has 1 aromatic carbocycles. The Hall–Kier alpha value is -1.67. The zero-order valence-corrected chi connectivity index (χ0v) is 13.6. The Morgan fingerprint density at radius 3 is 2.95 bits per heavy atom. The lowest BCUT2D eigenvalue weighted by Gasteiger charge is -2.12. The number of nitrogens with two attached hydrogens (primary N) is 1. The minimum Gasteiger partial charge on any atom is -0.497 e. The van der Waals surface area contributed by atoms with Gasteiger partial charge in [0.25, 0.3) is 5.91 Å². The number of carbonyl (C=O) groups excluding carboxylic acids is 1. The average molecular weight is 344 g/mol. The maximum Gasteiger partial charge on any atom is 0.270 e. The second kappa shape index (κ2) is 8.70. The van der Waals surface area contributed by atoms with Gasteiger partial charge in [-0.1, -0.05) is 12.1 Å². The van der Waals surface area contributed by atoms with Gasteiger partial charge in [-0.15, -0.1) is 23.7 Å². The van der Waals surface area contributed by atoms with Crippen LogP contribution >= 0.6 is 23.7 Å². The van der Waals surface area contributed by atoms with Crippen LogP contribution in [0.2, 0.25) is 0 Å². The molecule has 0 aliphatic rings. The van der Waals surface area contributed by atoms with Crippen molar-refractivity contribution in [3.63, 3.8) is 0 Å². The standard InChI is InChI=1S/C14H17N3O3S.ClH/c1-20-10-4-2-3-9(5-10)12(18)7-16-14(19)11-8-21-13(6-15)17-11;/h2-5,8,12,18H,6-7,15H2,1H3,(H,16,19);1H. The molecule has 22 heavy (non-hydrogen) atoms. The number of methoxy groups -OCH3 is 1. The molecular weight excluding hydrogens is 326 g/mol. The molecule has 2 aromatic rings. The van der Waals surface area contributed by atoms with Gasteiger partial charge in [-0.3, -0.25) is 4.79 Å². The molecule has 0 spiro atoms. The van der Waals surface area contributed by atoms with Gasteiger partial charge in [-0.05, 0) is 17.7 Å². The molecule has 8 heteroatoms. The number of hydrogen-bond donors (Lipinski definition) is 3. The summed E-state index contributed by atoms with van der Waals surface area (Å²) in [6, 6.07) is 7.08. The van der Waals surface area contributed by atoms with E-state index in [1.165, 1.54) is 11.3 Å². The molecule has 0 aliphatic heterocycles. The SMILES string of the molecule is COc1cccc(C(O)CNC(=O)c2csc(CN)n2)c1.Cl. The summed E-state index contributed by atoms with van der Waals surface area (Å²) in [6.07, 6.45) is -0.809. The van der Waals surface area contributed by atoms with Crippen molar-refractivity contribution in [1.82, 2.24) is 10.3 Å². The summed E-state index contributed by atoms with van der Waals surface area (Å²) in [5.74, 6) is 0.331. The maximum atomic E-state index is 11.9. The molecule has 0 saturated carbocycles. The van der Waals surface area contributed by atoms with Gasteiger partial charge in [-0.2, -0.15) is 0 Å². The van der Waals surface area contributed by atoms with Crippen molar-refractivity contribution in [1.29, 1.82) is 0 Å². The van der Waals surface area contributed by atoms with E-state index < -0.39 is 6.10 Å². The van der Waals surface area contributed by atoms with Crippen molar-refractivity contribution in [2.75, 3.05) is 13.7 Å². The molecule has 0 saturated heterocycles. The highest BCUT2D eigenvalue weighted by molar-refractivity contribution is 7.09. The normalized spacial score (nSPS) is 11.4. The van der Waals surface area contributed by atoms with E-state index >= 15 is 0 Å². The van der Waals surface area contributed by atoms with Crippen LogP contribution in [-0.2, 0) is 6.54 Å². The van der Waals surface area contributed by atoms with Gasteiger partial charge >= 0.3 is 0 Å². The molecule has 4 N–H and O–H groups in total. The molecule has 2 rings (SSSR count). The van der Waals surface area contributed by atoms with Crippen LogP contribution < -0.4 is 15.8 Å². The van der Waals surface area contributed by atoms with Crippen LogP contribution in [0.15, 0.2) is 29.6 Å². The van der Waals surface area contributed by atoms with Gasteiger partial charge in [0.2, 0.25) is 0 Å². The minimum atomic E-state index is -0.809. The number of nitrogens with zero attached hydrogens (tertiary/aromatic N) is 1. The molecular formula is C14H18ClN3O3S. The first-order chi connectivity index (χ1) is 10.1. The highest BCUT2D eigenvalue weighted by Crippen LogP contribution is 2.18. The van der Waals surface area contributed by atoms with Crippen LogP contribution in [-0.4, -0.2) is 29.7 Å². The van der Waals surface area contributed by atoms with Crippen LogP contribution in [0.1, 0.15) is 27.2 Å². The van der Waals surface area contributed by atoms with Crippen LogP contribution in [0, 0.1) is 0 Å². The Morgan fingerprint density at radius 1 is 1.55 bits per heavy atom. The van der Waals surface area contributed by atoms with Crippen molar-refractivity contribution >= 4 is 29.7 Å². The van der Waals surface area contributed by atoms with Crippen LogP contribution in [0.4, 0.5) is 0 Å². The third kappa shape index (κ3) is 4.67. The number of aromatic nitrogens is 1. The third-order valence-electron chi connectivity index (χ3n) is 2.89. The lowest BCUT2D eigenvalue weighted by Crippen LogP contribution is -2.28. The number of hydrogen-bond acceptors (Lipinski definition) is 6. The van der Waals surface area contributed by atoms with Gasteiger partial charge in [-0.25, -0.2) is 4.98 Å². The van der Waals surface area contributed by atoms with Crippen molar-refractivity contribution < 1.29 is 14.6 Å². The number of halogens is 1. The van der Waals surface area contributed by atoms with Crippen LogP contribution in [0.3, 0.4) is 0 Å². The highest BCUT2D eigenvalue weighted by Gasteiger charge is 2.13. The predicted octanol–water partition coefficient (Wildman–Crippen LogP) is 1.50. The zero-order chi connectivity index (χ0) is 15.2. The van der Waals surface area contributed by atoms with Gasteiger partial charge in [0.15, 0.2) is 0 Å². The van der Waals surface area contributed by atoms with Gasteiger partial charge in [0, 0.05) is 18.5 Å². The minimum absolute atomic E-state index is 0. The highest BCUT2D eigenvalue weighted by atomic mass is 35.5. The van der Waals surface area contributed by atoms with E-state index in [9.17, 15) is 9.90 Å². The number of carbonyl (C=O) groups is 1. The van der Waals surface area contributed by atoms with Gasteiger partial charge in [0.05, 0.1) is 13.2 Å². The van der Waals surface area contributed by atoms with E-state index in [-0.39, 0.29) is 24.9 Å². The molecule has 0 aliphatic carbocycles. The monoisotopic (exact) mass is 343 g/mol. The van der Waals surface area contributed by atoms with Gasteiger partial charge in [0.1, 0.15) is 16.5 Å². The number of aliphatic hydroxyl groups is 1. The molecule has 0 fully saturated rings. The molecule has 0 bridgehead atoms. The summed E-state index contributed by atoms with van der Waals surface area (Å²) in [7, 11) is 1.56. The van der Waals surface area contributed by atoms with Crippen molar-refractivity contribution in [2.24, 2.45) is 5.73 Å². The van der Waals surface area contributed by atoms with E-state index in [1.54, 1.807) is 36.8 Å². The second-order valence-electron chi connectivity index (χ2n) is 4.33. The quantitative estimate of drug-likeness (QED) is 0.738. The van der Waals surface area contributed by atoms with E-state index in [1.807, 2.05) is 0 Å². The molecule has 1 heterocycles. The van der Waals surface area contributed by atoms with E-state index in [4.69, 9.17) is 10.5 Å². The Bertz CT molecular complexity index is 621. The van der Waals surface area contributed by atoms with Crippen molar-refractivity contribution in [2.45, 2.75) is 12.6 Å². The van der Waals surface area contributed by atoms with E-state index in [2.05, 4.69) is 10.3 Å². The first-order valence-electron chi connectivity index (χ1n) is 6.38. The zero-order valence-electron chi connectivity index (χ0n) is 12.0. The van der Waals surface area contributed by atoms with Crippen molar-refractivity contribution in [3.05, 3.63) is 45.9 Å². The first kappa shape index (κ1) is 18.4. The summed E-state index contributed by atoms with van der Waals surface area (Å²) in [6.45, 7) is 0.409. The fraction of sp³-hybridized carbons (Fsp3) is 0.286. The number of nitrogens with one attached hydrogen (secondary N) is 1. The van der Waals surface area contributed by atoms with Crippen molar-refractivity contribution in [3.8, 4) is 5.75 Å². The maximum absolute atomic E-state index is 11.9. The summed E-state index contributed by atoms with van der Waals surface area (Å²) < 4.78 is 5.10. The number of ether oxygens (including phenoxy) is 1. The third-order valence-corrected chi connectivity index (χ3v) is 3.76. The molecule has 1 amide bonds. The summed E-state index contributed by atoms with van der Waals surface area (Å²) >= 11 is 1.34. The fourth-order valence-corrected chi connectivity index (χ4v) is 2.41. The van der Waals surface area contributed by atoms with Crippen LogP contribution in [0.25, 0.3) is 0 Å².